The molecule has 0 bridgehead atoms. The zero-order valence-electron chi connectivity index (χ0n) is 11.7. The van der Waals surface area contributed by atoms with Crippen molar-refractivity contribution < 1.29 is 4.79 Å². The highest BCUT2D eigenvalue weighted by Crippen LogP contribution is 2.31. The van der Waals surface area contributed by atoms with Crippen LogP contribution in [0.3, 0.4) is 0 Å². The molecule has 1 heterocycles. The van der Waals surface area contributed by atoms with E-state index in [-0.39, 0.29) is 17.4 Å². The van der Waals surface area contributed by atoms with Crippen LogP contribution in [-0.4, -0.2) is 21.1 Å². The lowest BCUT2D eigenvalue weighted by Gasteiger charge is -2.32. The molecule has 0 saturated heterocycles. The number of hydrogen-bond acceptors (Lipinski definition) is 3. The Labute approximate surface area is 122 Å². The van der Waals surface area contributed by atoms with Crippen LogP contribution in [0.25, 0.3) is 0 Å². The second-order valence-electron chi connectivity index (χ2n) is 5.90. The summed E-state index contributed by atoms with van der Waals surface area (Å²) >= 11 is 3.42. The van der Waals surface area contributed by atoms with Crippen LogP contribution in [0.4, 0.5) is 0 Å². The maximum absolute atomic E-state index is 12.6. The molecular formula is C14H22BrN3O. The van der Waals surface area contributed by atoms with Gasteiger partial charge in [0.1, 0.15) is 5.69 Å². The van der Waals surface area contributed by atoms with Gasteiger partial charge in [0, 0.05) is 18.0 Å². The molecule has 1 aromatic rings. The van der Waals surface area contributed by atoms with Gasteiger partial charge in [-0.2, -0.15) is 5.10 Å². The normalized spacial score (nSPS) is 18.8. The van der Waals surface area contributed by atoms with Crippen molar-refractivity contribution in [3.63, 3.8) is 0 Å². The van der Waals surface area contributed by atoms with Crippen molar-refractivity contribution in [2.24, 2.45) is 5.73 Å². The number of aromatic nitrogens is 2. The van der Waals surface area contributed by atoms with Crippen LogP contribution in [0, 0.1) is 0 Å². The quantitative estimate of drug-likeness (QED) is 0.861. The maximum Gasteiger partial charge on any atom is 0.183 e. The van der Waals surface area contributed by atoms with Gasteiger partial charge in [-0.25, -0.2) is 0 Å². The van der Waals surface area contributed by atoms with Crippen LogP contribution in [0.2, 0.25) is 0 Å². The number of nitrogens with zero attached hydrogens (tertiary/aromatic N) is 2. The molecule has 5 heteroatoms. The SMILES string of the molecule is CC(C)n1ncc(Br)c1C(=O)CC1(N)CCCCC1. The van der Waals surface area contributed by atoms with Gasteiger partial charge in [0.2, 0.25) is 0 Å². The molecule has 0 radical (unpaired) electrons. The predicted molar refractivity (Wildman–Crippen MR) is 79.3 cm³/mol. The highest BCUT2D eigenvalue weighted by Gasteiger charge is 2.32. The summed E-state index contributed by atoms with van der Waals surface area (Å²) in [4.78, 5) is 12.6. The molecule has 0 aromatic carbocycles. The van der Waals surface area contributed by atoms with Crippen LogP contribution < -0.4 is 5.73 Å². The standard InChI is InChI=1S/C14H22BrN3O/c1-10(2)18-13(11(15)9-17-18)12(19)8-14(16)6-4-3-5-7-14/h9-10H,3-8,16H2,1-2H3. The number of rotatable bonds is 4. The summed E-state index contributed by atoms with van der Waals surface area (Å²) in [6.07, 6.45) is 7.52. The van der Waals surface area contributed by atoms with E-state index in [1.165, 1.54) is 6.42 Å². The molecule has 4 nitrogen and oxygen atoms in total. The highest BCUT2D eigenvalue weighted by atomic mass is 79.9. The molecule has 1 fully saturated rings. The minimum Gasteiger partial charge on any atom is -0.325 e. The average molecular weight is 328 g/mol. The Morgan fingerprint density at radius 3 is 2.68 bits per heavy atom. The van der Waals surface area contributed by atoms with Crippen molar-refractivity contribution >= 4 is 21.7 Å². The molecule has 1 aliphatic rings. The lowest BCUT2D eigenvalue weighted by Crippen LogP contribution is -2.43. The van der Waals surface area contributed by atoms with E-state index in [0.29, 0.717) is 12.1 Å². The fourth-order valence-corrected chi connectivity index (χ4v) is 3.32. The fraction of sp³-hybridized carbons (Fsp3) is 0.714. The summed E-state index contributed by atoms with van der Waals surface area (Å²) in [6, 6.07) is 0.172. The minimum absolute atomic E-state index is 0.0995. The lowest BCUT2D eigenvalue weighted by molar-refractivity contribution is 0.0921. The Bertz CT molecular complexity index is 461. The second-order valence-corrected chi connectivity index (χ2v) is 6.76. The highest BCUT2D eigenvalue weighted by molar-refractivity contribution is 9.10. The van der Waals surface area contributed by atoms with E-state index < -0.39 is 0 Å². The Kier molecular flexibility index (Phi) is 4.46. The number of halogens is 1. The molecule has 0 spiro atoms. The first-order chi connectivity index (χ1) is 8.93. The maximum atomic E-state index is 12.6. The second kappa shape index (κ2) is 5.75. The van der Waals surface area contributed by atoms with Crippen molar-refractivity contribution in [2.75, 3.05) is 0 Å². The molecule has 0 amide bonds. The zero-order chi connectivity index (χ0) is 14.0. The lowest BCUT2D eigenvalue weighted by atomic mass is 9.79. The summed E-state index contributed by atoms with van der Waals surface area (Å²) in [6.45, 7) is 4.05. The minimum atomic E-state index is -0.319. The van der Waals surface area contributed by atoms with Gasteiger partial charge in [0.15, 0.2) is 5.78 Å². The number of nitrogens with two attached hydrogens (primary N) is 1. The molecular weight excluding hydrogens is 306 g/mol. The van der Waals surface area contributed by atoms with Crippen molar-refractivity contribution in [1.29, 1.82) is 0 Å². The van der Waals surface area contributed by atoms with Crippen LogP contribution in [0.1, 0.15) is 68.9 Å². The molecule has 1 saturated carbocycles. The van der Waals surface area contributed by atoms with Crippen LogP contribution in [-0.2, 0) is 0 Å². The van der Waals surface area contributed by atoms with E-state index >= 15 is 0 Å². The Morgan fingerprint density at radius 1 is 1.47 bits per heavy atom. The number of carbonyl (C=O) groups excluding carboxylic acids is 1. The molecule has 106 valence electrons. The molecule has 0 unspecified atom stereocenters. The fourth-order valence-electron chi connectivity index (χ4n) is 2.83. The van der Waals surface area contributed by atoms with Crippen molar-refractivity contribution in [1.82, 2.24) is 9.78 Å². The monoisotopic (exact) mass is 327 g/mol. The first-order valence-electron chi connectivity index (χ1n) is 6.98. The zero-order valence-corrected chi connectivity index (χ0v) is 13.2. The summed E-state index contributed by atoms with van der Waals surface area (Å²) in [7, 11) is 0. The van der Waals surface area contributed by atoms with Gasteiger partial charge in [-0.15, -0.1) is 0 Å². The molecule has 2 rings (SSSR count). The van der Waals surface area contributed by atoms with E-state index in [0.717, 1.165) is 30.2 Å². The van der Waals surface area contributed by atoms with Gasteiger partial charge in [-0.1, -0.05) is 19.3 Å². The summed E-state index contributed by atoms with van der Waals surface area (Å²) in [5.41, 5.74) is 6.72. The largest absolute Gasteiger partial charge is 0.325 e. The van der Waals surface area contributed by atoms with Gasteiger partial charge in [-0.05, 0) is 42.6 Å². The van der Waals surface area contributed by atoms with Gasteiger partial charge < -0.3 is 5.73 Å². The number of hydrogen-bond donors (Lipinski definition) is 1. The topological polar surface area (TPSA) is 60.9 Å². The van der Waals surface area contributed by atoms with E-state index in [4.69, 9.17) is 5.73 Å². The number of ketones is 1. The average Bonchev–Trinajstić information content (AvgIpc) is 2.71. The van der Waals surface area contributed by atoms with Crippen molar-refractivity contribution in [3.05, 3.63) is 16.4 Å². The van der Waals surface area contributed by atoms with Crippen LogP contribution >= 0.6 is 15.9 Å². The Morgan fingerprint density at radius 2 is 2.11 bits per heavy atom. The third kappa shape index (κ3) is 3.26. The van der Waals surface area contributed by atoms with E-state index in [1.54, 1.807) is 10.9 Å². The predicted octanol–water partition coefficient (Wildman–Crippen LogP) is 3.46. The first-order valence-corrected chi connectivity index (χ1v) is 7.77. The van der Waals surface area contributed by atoms with Gasteiger partial charge in [0.25, 0.3) is 0 Å². The van der Waals surface area contributed by atoms with Crippen LogP contribution in [0.15, 0.2) is 10.7 Å². The molecule has 2 N–H and O–H groups in total. The Balaban J connectivity index is 2.18. The molecule has 0 aliphatic heterocycles. The third-order valence-electron chi connectivity index (χ3n) is 3.87. The smallest absolute Gasteiger partial charge is 0.183 e. The van der Waals surface area contributed by atoms with E-state index in [2.05, 4.69) is 21.0 Å². The molecule has 1 aromatic heterocycles. The van der Waals surface area contributed by atoms with Crippen molar-refractivity contribution in [2.45, 2.75) is 64.0 Å². The summed E-state index contributed by atoms with van der Waals surface area (Å²) < 4.78 is 2.55. The third-order valence-corrected chi connectivity index (χ3v) is 4.45. The number of carbonyl (C=O) groups is 1. The van der Waals surface area contributed by atoms with Crippen molar-refractivity contribution in [3.8, 4) is 0 Å². The first kappa shape index (κ1) is 14.7. The molecule has 1 aliphatic carbocycles. The van der Waals surface area contributed by atoms with Gasteiger partial charge in [-0.3, -0.25) is 9.48 Å². The number of Topliss-reactive ketones (excluding diaryl/α,β-unsaturated/α-hetero) is 1. The molecule has 0 atom stereocenters. The summed E-state index contributed by atoms with van der Waals surface area (Å²) in [5.74, 6) is 0.0995. The van der Waals surface area contributed by atoms with Gasteiger partial charge in [0.05, 0.1) is 10.7 Å². The van der Waals surface area contributed by atoms with E-state index in [1.807, 2.05) is 13.8 Å². The van der Waals surface area contributed by atoms with E-state index in [9.17, 15) is 4.79 Å². The summed E-state index contributed by atoms with van der Waals surface area (Å²) in [5, 5.41) is 4.26. The molecule has 19 heavy (non-hydrogen) atoms. The van der Waals surface area contributed by atoms with Gasteiger partial charge >= 0.3 is 0 Å². The Hall–Kier alpha value is -0.680. The van der Waals surface area contributed by atoms with Crippen LogP contribution in [0.5, 0.6) is 0 Å².